The van der Waals surface area contributed by atoms with E-state index in [-0.39, 0.29) is 10.8 Å². The summed E-state index contributed by atoms with van der Waals surface area (Å²) in [7, 11) is -4.07. The van der Waals surface area contributed by atoms with Gasteiger partial charge in [0.15, 0.2) is 0 Å². The SMILES string of the molecule is CC(=O)Nc1ccc(S(=O)(=O)NN=CC(O)C(O)C(O)C(O)CO)cc1. The molecule has 0 saturated heterocycles. The summed E-state index contributed by atoms with van der Waals surface area (Å²) in [5, 5.41) is 52.2. The smallest absolute Gasteiger partial charge is 0.276 e. The zero-order valence-corrected chi connectivity index (χ0v) is 14.5. The Morgan fingerprint density at radius 3 is 2.23 bits per heavy atom. The van der Waals surface area contributed by atoms with Crippen LogP contribution in [0, 0.1) is 0 Å². The number of nitrogens with zero attached hydrogens (tertiary/aromatic N) is 1. The highest BCUT2D eigenvalue weighted by molar-refractivity contribution is 7.89. The van der Waals surface area contributed by atoms with Crippen LogP contribution >= 0.6 is 0 Å². The molecule has 0 aliphatic carbocycles. The highest BCUT2D eigenvalue weighted by atomic mass is 32.2. The fourth-order valence-electron chi connectivity index (χ4n) is 1.78. The van der Waals surface area contributed by atoms with Gasteiger partial charge in [0, 0.05) is 12.6 Å². The second-order valence-corrected chi connectivity index (χ2v) is 6.96. The maximum Gasteiger partial charge on any atom is 0.276 e. The molecule has 1 rings (SSSR count). The lowest BCUT2D eigenvalue weighted by Gasteiger charge is -2.23. The third-order valence-corrected chi connectivity index (χ3v) is 4.40. The normalized spacial score (nSPS) is 16.7. The minimum absolute atomic E-state index is 0.172. The zero-order valence-electron chi connectivity index (χ0n) is 13.7. The highest BCUT2D eigenvalue weighted by Crippen LogP contribution is 2.14. The Kier molecular flexibility index (Phi) is 8.08. The number of hydrazone groups is 1. The second-order valence-electron chi connectivity index (χ2n) is 5.30. The summed E-state index contributed by atoms with van der Waals surface area (Å²) in [6.45, 7) is 0.459. The molecule has 0 bridgehead atoms. The molecule has 1 aromatic carbocycles. The number of anilines is 1. The molecular weight excluding hydrogens is 370 g/mol. The van der Waals surface area contributed by atoms with E-state index in [4.69, 9.17) is 5.11 Å². The molecule has 0 aromatic heterocycles. The maximum atomic E-state index is 12.0. The Bertz CT molecular complexity index is 722. The Morgan fingerprint density at radius 2 is 1.73 bits per heavy atom. The number of rotatable bonds is 9. The van der Waals surface area contributed by atoms with Gasteiger partial charge >= 0.3 is 0 Å². The number of hydrogen-bond acceptors (Lipinski definition) is 9. The third kappa shape index (κ3) is 6.33. The lowest BCUT2D eigenvalue weighted by atomic mass is 10.0. The predicted octanol–water partition coefficient (Wildman–Crippen LogP) is -2.65. The molecule has 11 nitrogen and oxygen atoms in total. The standard InChI is InChI=1S/C14H21N3O8S/c1-8(19)16-9-2-4-10(5-3-9)26(24,25)17-15-6-11(20)13(22)14(23)12(21)7-18/h2-6,11-14,17-18,20-23H,7H2,1H3,(H,16,19). The van der Waals surface area contributed by atoms with E-state index in [9.17, 15) is 33.6 Å². The number of carbonyl (C=O) groups is 1. The van der Waals surface area contributed by atoms with Gasteiger partial charge in [0.05, 0.1) is 17.7 Å². The van der Waals surface area contributed by atoms with Crippen molar-refractivity contribution in [3.8, 4) is 0 Å². The number of hydrogen-bond donors (Lipinski definition) is 7. The van der Waals surface area contributed by atoms with Gasteiger partial charge in [-0.3, -0.25) is 4.79 Å². The summed E-state index contributed by atoms with van der Waals surface area (Å²) < 4.78 is 24.1. The predicted molar refractivity (Wildman–Crippen MR) is 90.7 cm³/mol. The van der Waals surface area contributed by atoms with Crippen molar-refractivity contribution in [1.82, 2.24) is 4.83 Å². The average molecular weight is 391 g/mol. The fourth-order valence-corrected chi connectivity index (χ4v) is 2.57. The topological polar surface area (TPSA) is 189 Å². The van der Waals surface area contributed by atoms with Crippen LogP contribution in [0.15, 0.2) is 34.3 Å². The Balaban J connectivity index is 2.72. The quantitative estimate of drug-likeness (QED) is 0.175. The number of nitrogens with one attached hydrogen (secondary N) is 2. The van der Waals surface area contributed by atoms with Crippen LogP contribution in [-0.4, -0.2) is 77.1 Å². The van der Waals surface area contributed by atoms with E-state index in [1.165, 1.54) is 31.2 Å². The van der Waals surface area contributed by atoms with Crippen LogP contribution in [-0.2, 0) is 14.8 Å². The van der Waals surface area contributed by atoms with Crippen LogP contribution in [0.4, 0.5) is 5.69 Å². The van der Waals surface area contributed by atoms with Gasteiger partial charge in [-0.15, -0.1) is 0 Å². The molecule has 4 atom stereocenters. The van der Waals surface area contributed by atoms with Gasteiger partial charge in [-0.05, 0) is 24.3 Å². The number of aliphatic hydroxyl groups is 5. The molecule has 0 aliphatic heterocycles. The van der Waals surface area contributed by atoms with Crippen LogP contribution in [0.25, 0.3) is 0 Å². The first kappa shape index (κ1) is 22.0. The first-order valence-corrected chi connectivity index (χ1v) is 8.82. The van der Waals surface area contributed by atoms with Gasteiger partial charge in [-0.2, -0.15) is 13.5 Å². The van der Waals surface area contributed by atoms with Crippen molar-refractivity contribution >= 4 is 27.8 Å². The molecule has 12 heteroatoms. The van der Waals surface area contributed by atoms with E-state index in [1.54, 1.807) is 4.83 Å². The van der Waals surface area contributed by atoms with Gasteiger partial charge in [-0.1, -0.05) is 0 Å². The van der Waals surface area contributed by atoms with Crippen molar-refractivity contribution < 1.29 is 38.7 Å². The molecule has 26 heavy (non-hydrogen) atoms. The molecule has 0 radical (unpaired) electrons. The van der Waals surface area contributed by atoms with Crippen molar-refractivity contribution in [1.29, 1.82) is 0 Å². The van der Waals surface area contributed by atoms with E-state index in [0.717, 1.165) is 0 Å². The Labute approximate surface area is 149 Å². The van der Waals surface area contributed by atoms with Crippen LogP contribution in [0.2, 0.25) is 0 Å². The maximum absolute atomic E-state index is 12.0. The molecule has 0 saturated carbocycles. The number of amides is 1. The second kappa shape index (κ2) is 9.56. The van der Waals surface area contributed by atoms with E-state index >= 15 is 0 Å². The minimum Gasteiger partial charge on any atom is -0.394 e. The van der Waals surface area contributed by atoms with Gasteiger partial charge in [0.1, 0.15) is 24.4 Å². The first-order chi connectivity index (χ1) is 12.1. The van der Waals surface area contributed by atoms with E-state index in [0.29, 0.717) is 11.9 Å². The summed E-state index contributed by atoms with van der Waals surface area (Å²) in [4.78, 5) is 12.5. The largest absolute Gasteiger partial charge is 0.394 e. The van der Waals surface area contributed by atoms with Crippen LogP contribution in [0.1, 0.15) is 6.92 Å². The number of sulfonamides is 1. The summed E-state index contributed by atoms with van der Waals surface area (Å²) in [6, 6.07) is 5.17. The van der Waals surface area contributed by atoms with Crippen molar-refractivity contribution in [3.05, 3.63) is 24.3 Å². The fraction of sp³-hybridized carbons (Fsp3) is 0.429. The van der Waals surface area contributed by atoms with Crippen LogP contribution < -0.4 is 10.1 Å². The molecule has 0 heterocycles. The Morgan fingerprint density at radius 1 is 1.15 bits per heavy atom. The Hall–Kier alpha value is -2.09. The zero-order chi connectivity index (χ0) is 19.9. The van der Waals surface area contributed by atoms with Gasteiger partial charge in [-0.25, -0.2) is 4.83 Å². The van der Waals surface area contributed by atoms with Gasteiger partial charge < -0.3 is 30.8 Å². The van der Waals surface area contributed by atoms with Crippen molar-refractivity contribution in [2.45, 2.75) is 36.2 Å². The summed E-state index contributed by atoms with van der Waals surface area (Å²) in [6.07, 6.45) is -6.65. The van der Waals surface area contributed by atoms with Gasteiger partial charge in [0.25, 0.3) is 10.0 Å². The molecule has 0 fully saturated rings. The molecule has 1 aromatic rings. The molecule has 1 amide bonds. The minimum atomic E-state index is -4.07. The molecule has 0 spiro atoms. The lowest BCUT2D eigenvalue weighted by molar-refractivity contribution is -0.114. The highest BCUT2D eigenvalue weighted by Gasteiger charge is 2.29. The van der Waals surface area contributed by atoms with E-state index in [2.05, 4.69) is 10.4 Å². The number of benzene rings is 1. The molecule has 146 valence electrons. The molecule has 4 unspecified atom stereocenters. The van der Waals surface area contributed by atoms with Crippen molar-refractivity contribution in [3.63, 3.8) is 0 Å². The number of carbonyl (C=O) groups excluding carboxylic acids is 1. The summed E-state index contributed by atoms with van der Waals surface area (Å²) >= 11 is 0. The monoisotopic (exact) mass is 391 g/mol. The molecule has 0 aliphatic rings. The van der Waals surface area contributed by atoms with E-state index < -0.39 is 41.0 Å². The third-order valence-electron chi connectivity index (χ3n) is 3.17. The van der Waals surface area contributed by atoms with Crippen LogP contribution in [0.3, 0.4) is 0 Å². The first-order valence-electron chi connectivity index (χ1n) is 7.34. The van der Waals surface area contributed by atoms with Crippen molar-refractivity contribution in [2.75, 3.05) is 11.9 Å². The van der Waals surface area contributed by atoms with Crippen LogP contribution in [0.5, 0.6) is 0 Å². The van der Waals surface area contributed by atoms with E-state index in [1.807, 2.05) is 0 Å². The summed E-state index contributed by atoms with van der Waals surface area (Å²) in [5.74, 6) is -0.315. The van der Waals surface area contributed by atoms with Crippen molar-refractivity contribution in [2.24, 2.45) is 5.10 Å². The summed E-state index contributed by atoms with van der Waals surface area (Å²) in [5.41, 5.74) is 0.398. The lowest BCUT2D eigenvalue weighted by Crippen LogP contribution is -2.46. The average Bonchev–Trinajstić information content (AvgIpc) is 2.59. The molecular formula is C14H21N3O8S. The number of aliphatic hydroxyl groups excluding tert-OH is 5. The molecule has 7 N–H and O–H groups in total. The van der Waals surface area contributed by atoms with Gasteiger partial charge in [0.2, 0.25) is 5.91 Å².